The number of aliphatic imine (C=N–C) groups is 1. The number of carbonyl (C=O) groups is 2. The van der Waals surface area contributed by atoms with Gasteiger partial charge in [-0.1, -0.05) is 30.3 Å². The van der Waals surface area contributed by atoms with Crippen molar-refractivity contribution in [3.05, 3.63) is 65.2 Å². The van der Waals surface area contributed by atoms with E-state index < -0.39 is 11.9 Å². The molecule has 2 N–H and O–H groups in total. The average molecular weight is 269 g/mol. The van der Waals surface area contributed by atoms with Crippen LogP contribution in [0.25, 0.3) is 0 Å². The molecule has 2 rings (SSSR count). The molecule has 0 bridgehead atoms. The summed E-state index contributed by atoms with van der Waals surface area (Å²) >= 11 is 0. The van der Waals surface area contributed by atoms with Gasteiger partial charge in [-0.05, 0) is 18.2 Å². The van der Waals surface area contributed by atoms with E-state index in [1.54, 1.807) is 24.3 Å². The van der Waals surface area contributed by atoms with Crippen LogP contribution in [0.4, 0.5) is 5.69 Å². The molecule has 2 aromatic carbocycles. The summed E-state index contributed by atoms with van der Waals surface area (Å²) in [4.78, 5) is 26.4. The second-order valence-electron chi connectivity index (χ2n) is 3.97. The molecule has 0 aromatic heterocycles. The largest absolute Gasteiger partial charge is 0.478 e. The number of hydrogen-bond acceptors (Lipinski definition) is 3. The quantitative estimate of drug-likeness (QED) is 0.835. The Balaban J connectivity index is 2.47. The van der Waals surface area contributed by atoms with Crippen LogP contribution in [0.2, 0.25) is 0 Å². The lowest BCUT2D eigenvalue weighted by Crippen LogP contribution is -2.11. The van der Waals surface area contributed by atoms with Crippen molar-refractivity contribution in [3.8, 4) is 0 Å². The van der Waals surface area contributed by atoms with Crippen molar-refractivity contribution in [1.82, 2.24) is 0 Å². The van der Waals surface area contributed by atoms with E-state index in [0.717, 1.165) is 0 Å². The Kier molecular flexibility index (Phi) is 3.91. The third kappa shape index (κ3) is 2.89. The summed E-state index contributed by atoms with van der Waals surface area (Å²) in [7, 11) is 0. The van der Waals surface area contributed by atoms with Crippen LogP contribution in [0.5, 0.6) is 0 Å². The second-order valence-corrected chi connectivity index (χ2v) is 3.97. The van der Waals surface area contributed by atoms with E-state index >= 15 is 0 Å². The number of carboxylic acid groups (broad SMARTS) is 2. The molecule has 0 saturated carbocycles. The zero-order valence-electron chi connectivity index (χ0n) is 10.4. The molecule has 0 saturated heterocycles. The number of hydrogen-bond donors (Lipinski definition) is 2. The monoisotopic (exact) mass is 269 g/mol. The Morgan fingerprint density at radius 1 is 0.900 bits per heavy atom. The number of benzene rings is 2. The van der Waals surface area contributed by atoms with Gasteiger partial charge in [0.05, 0.1) is 16.8 Å². The molecule has 0 aliphatic carbocycles. The zero-order chi connectivity index (χ0) is 14.5. The van der Waals surface area contributed by atoms with E-state index in [4.69, 9.17) is 10.2 Å². The lowest BCUT2D eigenvalue weighted by molar-refractivity contribution is 0.0651. The van der Waals surface area contributed by atoms with E-state index in [0.29, 0.717) is 5.69 Å². The maximum Gasteiger partial charge on any atom is 0.337 e. The van der Waals surface area contributed by atoms with Gasteiger partial charge in [0.2, 0.25) is 0 Å². The molecular formula is C15H11NO4. The molecule has 0 fully saturated rings. The van der Waals surface area contributed by atoms with E-state index in [1.807, 2.05) is 6.07 Å². The van der Waals surface area contributed by atoms with Gasteiger partial charge in [-0.2, -0.15) is 0 Å². The Hall–Kier alpha value is -2.95. The Morgan fingerprint density at radius 3 is 2.20 bits per heavy atom. The van der Waals surface area contributed by atoms with Crippen LogP contribution < -0.4 is 0 Å². The topological polar surface area (TPSA) is 87.0 Å². The smallest absolute Gasteiger partial charge is 0.337 e. The van der Waals surface area contributed by atoms with Gasteiger partial charge in [0.15, 0.2) is 0 Å². The summed E-state index contributed by atoms with van der Waals surface area (Å²) < 4.78 is 0. The molecule has 5 heteroatoms. The first-order valence-corrected chi connectivity index (χ1v) is 5.78. The molecule has 0 aliphatic rings. The molecule has 20 heavy (non-hydrogen) atoms. The Bertz CT molecular complexity index is 678. The fourth-order valence-corrected chi connectivity index (χ4v) is 1.75. The van der Waals surface area contributed by atoms with Crippen LogP contribution in [-0.2, 0) is 0 Å². The van der Waals surface area contributed by atoms with Crippen LogP contribution in [0, 0.1) is 0 Å². The van der Waals surface area contributed by atoms with Gasteiger partial charge < -0.3 is 10.2 Å². The lowest BCUT2D eigenvalue weighted by atomic mass is 10.0. The molecule has 0 unspecified atom stereocenters. The molecule has 0 aliphatic heterocycles. The number of rotatable bonds is 4. The highest BCUT2D eigenvalue weighted by atomic mass is 16.4. The van der Waals surface area contributed by atoms with Crippen LogP contribution in [-0.4, -0.2) is 28.4 Å². The van der Waals surface area contributed by atoms with Crippen LogP contribution in [0.1, 0.15) is 26.3 Å². The lowest BCUT2D eigenvalue weighted by Gasteiger charge is -2.04. The molecule has 0 spiro atoms. The van der Waals surface area contributed by atoms with Crippen molar-refractivity contribution in [2.75, 3.05) is 0 Å². The summed E-state index contributed by atoms with van der Waals surface area (Å²) in [6.07, 6.45) is 1.35. The zero-order valence-corrected chi connectivity index (χ0v) is 10.4. The van der Waals surface area contributed by atoms with Gasteiger partial charge in [0.1, 0.15) is 0 Å². The minimum atomic E-state index is -1.29. The molecule has 0 heterocycles. The molecule has 0 atom stereocenters. The first-order chi connectivity index (χ1) is 9.59. The van der Waals surface area contributed by atoms with Crippen molar-refractivity contribution in [3.63, 3.8) is 0 Å². The predicted molar refractivity (Wildman–Crippen MR) is 74.1 cm³/mol. The summed E-state index contributed by atoms with van der Waals surface area (Å²) in [6, 6.07) is 13.2. The van der Waals surface area contributed by atoms with E-state index in [9.17, 15) is 9.59 Å². The highest BCUT2D eigenvalue weighted by Gasteiger charge is 2.18. The van der Waals surface area contributed by atoms with E-state index in [1.165, 1.54) is 24.4 Å². The summed E-state index contributed by atoms with van der Waals surface area (Å²) in [5, 5.41) is 18.2. The highest BCUT2D eigenvalue weighted by molar-refractivity contribution is 6.07. The first kappa shape index (κ1) is 13.5. The highest BCUT2D eigenvalue weighted by Crippen LogP contribution is 2.16. The Labute approximate surface area is 114 Å². The van der Waals surface area contributed by atoms with Gasteiger partial charge in [-0.3, -0.25) is 4.99 Å². The fraction of sp³-hybridized carbons (Fsp3) is 0. The van der Waals surface area contributed by atoms with Gasteiger partial charge in [-0.15, -0.1) is 0 Å². The molecule has 0 radical (unpaired) electrons. The van der Waals surface area contributed by atoms with Crippen molar-refractivity contribution in [2.45, 2.75) is 0 Å². The van der Waals surface area contributed by atoms with Crippen LogP contribution in [0.3, 0.4) is 0 Å². The van der Waals surface area contributed by atoms with Gasteiger partial charge >= 0.3 is 11.9 Å². The van der Waals surface area contributed by atoms with Crippen molar-refractivity contribution >= 4 is 23.8 Å². The normalized spacial score (nSPS) is 10.6. The predicted octanol–water partition coefficient (Wildman–Crippen LogP) is 2.83. The van der Waals surface area contributed by atoms with E-state index in [2.05, 4.69) is 4.99 Å². The molecule has 0 amide bonds. The number of nitrogens with zero attached hydrogens (tertiary/aromatic N) is 1. The van der Waals surface area contributed by atoms with Gasteiger partial charge in [0, 0.05) is 11.8 Å². The molecular weight excluding hydrogens is 258 g/mol. The third-order valence-electron chi connectivity index (χ3n) is 2.65. The summed E-state index contributed by atoms with van der Waals surface area (Å²) in [6.45, 7) is 0. The minimum absolute atomic E-state index is 0.251. The standard InChI is InChI=1S/C15H11NO4/c17-14(18)12-8-4-5-10(13(12)15(19)20)9-16-11-6-2-1-3-7-11/h1-9H,(H,17,18)(H,19,20)/b16-9-. The van der Waals surface area contributed by atoms with Crippen molar-refractivity contribution < 1.29 is 19.8 Å². The molecule has 100 valence electrons. The summed E-state index contributed by atoms with van der Waals surface area (Å²) in [5.41, 5.74) is 0.389. The maximum atomic E-state index is 11.2. The third-order valence-corrected chi connectivity index (χ3v) is 2.65. The second kappa shape index (κ2) is 5.79. The van der Waals surface area contributed by atoms with Crippen molar-refractivity contribution in [1.29, 1.82) is 0 Å². The SMILES string of the molecule is O=C(O)c1cccc(/C=N\c2ccccc2)c1C(=O)O. The number of carboxylic acids is 2. The van der Waals surface area contributed by atoms with Crippen LogP contribution >= 0.6 is 0 Å². The van der Waals surface area contributed by atoms with Crippen molar-refractivity contribution in [2.24, 2.45) is 4.99 Å². The average Bonchev–Trinajstić information content (AvgIpc) is 2.45. The van der Waals surface area contributed by atoms with Gasteiger partial charge in [0.25, 0.3) is 0 Å². The molecule has 2 aromatic rings. The van der Waals surface area contributed by atoms with Gasteiger partial charge in [-0.25, -0.2) is 9.59 Å². The maximum absolute atomic E-state index is 11.2. The fourth-order valence-electron chi connectivity index (χ4n) is 1.75. The van der Waals surface area contributed by atoms with E-state index in [-0.39, 0.29) is 16.7 Å². The minimum Gasteiger partial charge on any atom is -0.478 e. The first-order valence-electron chi connectivity index (χ1n) is 5.78. The van der Waals surface area contributed by atoms with Crippen LogP contribution in [0.15, 0.2) is 53.5 Å². The number of para-hydroxylation sites is 1. The summed E-state index contributed by atoms with van der Waals surface area (Å²) in [5.74, 6) is -2.57. The Morgan fingerprint density at radius 2 is 1.60 bits per heavy atom. The molecule has 5 nitrogen and oxygen atoms in total. The number of aromatic carboxylic acids is 2.